The van der Waals surface area contributed by atoms with Crippen molar-refractivity contribution in [1.82, 2.24) is 15.4 Å². The van der Waals surface area contributed by atoms with Crippen molar-refractivity contribution in [2.45, 2.75) is 32.5 Å². The Kier molecular flexibility index (Phi) is 9.41. The van der Waals surface area contributed by atoms with Crippen molar-refractivity contribution >= 4 is 39.8 Å². The molecule has 0 atom stereocenters. The molecule has 7 nitrogen and oxygen atoms in total. The molecule has 0 fully saturated rings. The molecule has 0 saturated carbocycles. The number of carbonyl (C=O) groups excluding carboxylic acids is 1. The molecule has 0 unspecified atom stereocenters. The molecule has 1 N–H and O–H groups in total. The fraction of sp³-hybridized carbons (Fsp3) is 0.250. The van der Waals surface area contributed by atoms with E-state index in [2.05, 4.69) is 36.4 Å². The van der Waals surface area contributed by atoms with Gasteiger partial charge in [-0.15, -0.1) is 0 Å². The van der Waals surface area contributed by atoms with Gasteiger partial charge in [0.15, 0.2) is 16.7 Å². The van der Waals surface area contributed by atoms with Crippen molar-refractivity contribution in [3.05, 3.63) is 75.3 Å². The van der Waals surface area contributed by atoms with Crippen LogP contribution >= 0.6 is 27.7 Å². The molecule has 2 aromatic carbocycles. The zero-order valence-electron chi connectivity index (χ0n) is 19.0. The molecule has 0 radical (unpaired) electrons. The topological polar surface area (TPSA) is 85.7 Å². The molecule has 1 amide bonds. The second-order valence-electron chi connectivity index (χ2n) is 7.15. The number of aryl methyl sites for hydroxylation is 2. The number of nitrogens with one attached hydrogen (secondary N) is 1. The molecule has 10 heteroatoms. The minimum absolute atomic E-state index is 0.0600. The molecule has 1 heterocycles. The van der Waals surface area contributed by atoms with E-state index in [1.807, 2.05) is 26.8 Å². The number of ether oxygens (including phenoxy) is 2. The summed E-state index contributed by atoms with van der Waals surface area (Å²) in [6, 6.07) is 11.8. The monoisotopic (exact) mass is 546 g/mol. The summed E-state index contributed by atoms with van der Waals surface area (Å²) in [5.41, 5.74) is 5.32. The van der Waals surface area contributed by atoms with E-state index in [4.69, 9.17) is 9.47 Å². The lowest BCUT2D eigenvalue weighted by atomic mass is 10.2. The zero-order chi connectivity index (χ0) is 24.5. The number of aromatic nitrogens is 2. The van der Waals surface area contributed by atoms with Gasteiger partial charge in [0.1, 0.15) is 12.4 Å². The predicted octanol–water partition coefficient (Wildman–Crippen LogP) is 5.22. The fourth-order valence-corrected chi connectivity index (χ4v) is 4.06. The molecule has 0 saturated heterocycles. The molecule has 0 aliphatic rings. The van der Waals surface area contributed by atoms with Gasteiger partial charge in [-0.2, -0.15) is 5.10 Å². The van der Waals surface area contributed by atoms with Gasteiger partial charge in [0.25, 0.3) is 5.91 Å². The highest BCUT2D eigenvalue weighted by molar-refractivity contribution is 9.10. The van der Waals surface area contributed by atoms with Crippen molar-refractivity contribution in [3.63, 3.8) is 0 Å². The first-order valence-electron chi connectivity index (χ1n) is 10.4. The lowest BCUT2D eigenvalue weighted by molar-refractivity contribution is -0.118. The van der Waals surface area contributed by atoms with Crippen molar-refractivity contribution < 1.29 is 18.7 Å². The summed E-state index contributed by atoms with van der Waals surface area (Å²) in [4.78, 5) is 20.7. The summed E-state index contributed by atoms with van der Waals surface area (Å²) in [5.74, 6) is 0.464. The third-order valence-electron chi connectivity index (χ3n) is 4.39. The molecule has 0 spiro atoms. The molecule has 0 aliphatic heterocycles. The van der Waals surface area contributed by atoms with Crippen molar-refractivity contribution in [1.29, 1.82) is 0 Å². The summed E-state index contributed by atoms with van der Waals surface area (Å²) in [6.07, 6.45) is 1.50. The first-order valence-corrected chi connectivity index (χ1v) is 12.2. The first-order chi connectivity index (χ1) is 16.4. The lowest BCUT2D eigenvalue weighted by Gasteiger charge is -2.14. The second kappa shape index (κ2) is 12.5. The van der Waals surface area contributed by atoms with E-state index in [1.165, 1.54) is 24.0 Å². The van der Waals surface area contributed by atoms with E-state index in [0.29, 0.717) is 38.9 Å². The maximum Gasteiger partial charge on any atom is 0.250 e. The van der Waals surface area contributed by atoms with E-state index >= 15 is 0 Å². The highest BCUT2D eigenvalue weighted by Gasteiger charge is 2.12. The number of halogens is 2. The molecular weight excluding hydrogens is 523 g/mol. The Morgan fingerprint density at radius 3 is 2.56 bits per heavy atom. The Morgan fingerprint density at radius 1 is 1.15 bits per heavy atom. The van der Waals surface area contributed by atoms with Gasteiger partial charge in [0, 0.05) is 27.0 Å². The third-order valence-corrected chi connectivity index (χ3v) is 5.92. The molecule has 3 rings (SSSR count). The van der Waals surface area contributed by atoms with Gasteiger partial charge in [-0.3, -0.25) is 4.79 Å². The predicted molar refractivity (Wildman–Crippen MR) is 134 cm³/mol. The van der Waals surface area contributed by atoms with Crippen molar-refractivity contribution in [3.8, 4) is 11.5 Å². The van der Waals surface area contributed by atoms with Crippen LogP contribution in [0.25, 0.3) is 0 Å². The summed E-state index contributed by atoms with van der Waals surface area (Å²) >= 11 is 4.72. The number of carbonyl (C=O) groups is 1. The standard InChI is InChI=1S/C24H24BrFN4O3S/c1-4-32-21-10-18(19(25)11-22(21)33-13-17-7-5-6-8-20(17)26)12-27-30-23(31)14-34-24-28-15(2)9-16(3)29-24/h5-12H,4,13-14H2,1-3H3,(H,30,31)/b27-12-. The third kappa shape index (κ3) is 7.53. The number of nitrogens with zero attached hydrogens (tertiary/aromatic N) is 3. The van der Waals surface area contributed by atoms with Crippen LogP contribution in [-0.2, 0) is 11.4 Å². The van der Waals surface area contributed by atoms with Crippen LogP contribution in [0.5, 0.6) is 11.5 Å². The largest absolute Gasteiger partial charge is 0.490 e. The van der Waals surface area contributed by atoms with Crippen molar-refractivity contribution in [2.24, 2.45) is 5.10 Å². The summed E-state index contributed by atoms with van der Waals surface area (Å²) in [5, 5.41) is 4.58. The Hall–Kier alpha value is -2.98. The fourth-order valence-electron chi connectivity index (χ4n) is 2.90. The molecule has 34 heavy (non-hydrogen) atoms. The average Bonchev–Trinajstić information content (AvgIpc) is 2.79. The van der Waals surface area contributed by atoms with E-state index in [-0.39, 0.29) is 24.1 Å². The van der Waals surface area contributed by atoms with Crippen LogP contribution in [0.4, 0.5) is 4.39 Å². The molecule has 1 aromatic heterocycles. The maximum atomic E-state index is 13.9. The van der Waals surface area contributed by atoms with Crippen LogP contribution in [0.2, 0.25) is 0 Å². The normalized spacial score (nSPS) is 11.0. The molecular formula is C24H24BrFN4O3S. The van der Waals surface area contributed by atoms with Crippen LogP contribution in [0.1, 0.15) is 29.4 Å². The van der Waals surface area contributed by atoms with Gasteiger partial charge in [-0.1, -0.05) is 30.0 Å². The Bertz CT molecular complexity index is 1170. The van der Waals surface area contributed by atoms with Crippen molar-refractivity contribution in [2.75, 3.05) is 12.4 Å². The van der Waals surface area contributed by atoms with E-state index in [1.54, 1.807) is 30.3 Å². The molecule has 0 bridgehead atoms. The summed E-state index contributed by atoms with van der Waals surface area (Å²) in [7, 11) is 0. The second-order valence-corrected chi connectivity index (χ2v) is 8.95. The summed E-state index contributed by atoms with van der Waals surface area (Å²) in [6.45, 7) is 6.10. The SMILES string of the molecule is CCOc1cc(/C=N\NC(=O)CSc2nc(C)cc(C)n2)c(Br)cc1OCc1ccccc1F. The number of hydrogen-bond acceptors (Lipinski definition) is 7. The van der Waals surface area contributed by atoms with Gasteiger partial charge in [0.2, 0.25) is 0 Å². The maximum absolute atomic E-state index is 13.9. The quantitative estimate of drug-likeness (QED) is 0.162. The summed E-state index contributed by atoms with van der Waals surface area (Å²) < 4.78 is 26.1. The zero-order valence-corrected chi connectivity index (χ0v) is 21.4. The molecule has 3 aromatic rings. The van der Waals surface area contributed by atoms with Crippen LogP contribution in [0.3, 0.4) is 0 Å². The highest BCUT2D eigenvalue weighted by atomic mass is 79.9. The Labute approximate surface area is 210 Å². The molecule has 178 valence electrons. The number of benzene rings is 2. The number of hydrazone groups is 1. The Morgan fingerprint density at radius 2 is 1.85 bits per heavy atom. The lowest BCUT2D eigenvalue weighted by Crippen LogP contribution is -2.20. The average molecular weight is 547 g/mol. The van der Waals surface area contributed by atoms with E-state index in [9.17, 15) is 9.18 Å². The van der Waals surface area contributed by atoms with E-state index in [0.717, 1.165) is 11.4 Å². The smallest absolute Gasteiger partial charge is 0.250 e. The van der Waals surface area contributed by atoms with Crippen LogP contribution in [-0.4, -0.2) is 34.4 Å². The number of thioether (sulfide) groups is 1. The van der Waals surface area contributed by atoms with Gasteiger partial charge in [0.05, 0.1) is 18.6 Å². The minimum Gasteiger partial charge on any atom is -0.490 e. The number of amides is 1. The van der Waals surface area contributed by atoms with E-state index < -0.39 is 0 Å². The Balaban J connectivity index is 1.62. The highest BCUT2D eigenvalue weighted by Crippen LogP contribution is 2.34. The molecule has 0 aliphatic carbocycles. The van der Waals surface area contributed by atoms with Gasteiger partial charge in [-0.25, -0.2) is 19.8 Å². The number of hydrogen-bond donors (Lipinski definition) is 1. The van der Waals surface area contributed by atoms with Gasteiger partial charge in [-0.05, 0) is 61.0 Å². The van der Waals surface area contributed by atoms with Crippen LogP contribution in [0.15, 0.2) is 57.2 Å². The first kappa shape index (κ1) is 25.6. The van der Waals surface area contributed by atoms with Crippen LogP contribution in [0, 0.1) is 19.7 Å². The van der Waals surface area contributed by atoms with Crippen LogP contribution < -0.4 is 14.9 Å². The number of rotatable bonds is 10. The van der Waals surface area contributed by atoms with Gasteiger partial charge >= 0.3 is 0 Å². The van der Waals surface area contributed by atoms with Gasteiger partial charge < -0.3 is 9.47 Å². The minimum atomic E-state index is -0.332.